The fourth-order valence-corrected chi connectivity index (χ4v) is 2.52. The first-order valence-electron chi connectivity index (χ1n) is 7.68. The minimum atomic E-state index is 0.382. The van der Waals surface area contributed by atoms with Gasteiger partial charge in [0.05, 0.1) is 24.4 Å². The fraction of sp³-hybridized carbons (Fsp3) is 0.294. The smallest absolute Gasteiger partial charge is 0.177 e. The van der Waals surface area contributed by atoms with Gasteiger partial charge in [0, 0.05) is 12.8 Å². The van der Waals surface area contributed by atoms with Crippen molar-refractivity contribution in [2.75, 3.05) is 13.7 Å². The molecule has 0 aliphatic rings. The van der Waals surface area contributed by atoms with Gasteiger partial charge in [-0.1, -0.05) is 23.7 Å². The Hall–Kier alpha value is -2.31. The van der Waals surface area contributed by atoms with E-state index in [1.54, 1.807) is 13.3 Å². The Kier molecular flexibility index (Phi) is 5.17. The van der Waals surface area contributed by atoms with Gasteiger partial charge in [-0.2, -0.15) is 5.10 Å². The second-order valence-corrected chi connectivity index (χ2v) is 5.66. The van der Waals surface area contributed by atoms with E-state index < -0.39 is 0 Å². The van der Waals surface area contributed by atoms with Crippen LogP contribution in [0.15, 0.2) is 36.5 Å². The summed E-state index contributed by atoms with van der Waals surface area (Å²) in [6.07, 6.45) is 1.73. The van der Waals surface area contributed by atoms with E-state index in [1.165, 1.54) is 0 Å². The molecular formula is C17H19ClN4O2. The van der Waals surface area contributed by atoms with Crippen molar-refractivity contribution in [3.8, 4) is 17.3 Å². The third kappa shape index (κ3) is 3.77. The Morgan fingerprint density at radius 2 is 2.04 bits per heavy atom. The normalized spacial score (nSPS) is 11.0. The van der Waals surface area contributed by atoms with Crippen LogP contribution in [0.2, 0.25) is 5.02 Å². The Bertz CT molecular complexity index is 795. The summed E-state index contributed by atoms with van der Waals surface area (Å²) >= 11 is 6.02. The maximum Gasteiger partial charge on any atom is 0.177 e. The van der Waals surface area contributed by atoms with Gasteiger partial charge in [-0.25, -0.2) is 9.67 Å². The Labute approximate surface area is 145 Å². The van der Waals surface area contributed by atoms with E-state index in [-0.39, 0.29) is 0 Å². The van der Waals surface area contributed by atoms with E-state index in [9.17, 15) is 0 Å². The number of benzene rings is 1. The van der Waals surface area contributed by atoms with Crippen LogP contribution in [0.4, 0.5) is 0 Å². The van der Waals surface area contributed by atoms with Crippen molar-refractivity contribution < 1.29 is 9.47 Å². The molecule has 0 aliphatic heterocycles. The van der Waals surface area contributed by atoms with Gasteiger partial charge < -0.3 is 14.5 Å². The number of nitrogens with zero attached hydrogens (tertiary/aromatic N) is 3. The van der Waals surface area contributed by atoms with Crippen LogP contribution < -0.4 is 4.74 Å². The van der Waals surface area contributed by atoms with Crippen LogP contribution in [0.1, 0.15) is 18.3 Å². The Morgan fingerprint density at radius 3 is 2.67 bits per heavy atom. The van der Waals surface area contributed by atoms with Crippen LogP contribution in [0.5, 0.6) is 5.75 Å². The summed E-state index contributed by atoms with van der Waals surface area (Å²) in [6, 6.07) is 9.71. The number of rotatable bonds is 7. The summed E-state index contributed by atoms with van der Waals surface area (Å²) < 4.78 is 12.5. The highest BCUT2D eigenvalue weighted by Crippen LogP contribution is 2.22. The van der Waals surface area contributed by atoms with Crippen LogP contribution in [0.25, 0.3) is 11.5 Å². The Balaban J connectivity index is 1.90. The first-order chi connectivity index (χ1) is 11.7. The highest BCUT2D eigenvalue weighted by atomic mass is 35.5. The van der Waals surface area contributed by atoms with Crippen LogP contribution >= 0.6 is 11.6 Å². The number of ether oxygens (including phenoxy) is 2. The lowest BCUT2D eigenvalue weighted by Gasteiger charge is -2.06. The van der Waals surface area contributed by atoms with E-state index >= 15 is 0 Å². The summed E-state index contributed by atoms with van der Waals surface area (Å²) in [6.45, 7) is 3.54. The fourth-order valence-electron chi connectivity index (χ4n) is 2.35. The number of halogens is 1. The largest absolute Gasteiger partial charge is 0.497 e. The molecule has 0 radical (unpaired) electrons. The lowest BCUT2D eigenvalue weighted by molar-refractivity contribution is 0.128. The molecule has 0 unspecified atom stereocenters. The molecule has 0 atom stereocenters. The summed E-state index contributed by atoms with van der Waals surface area (Å²) in [5.74, 6) is 2.20. The molecule has 6 nitrogen and oxygen atoms in total. The lowest BCUT2D eigenvalue weighted by Crippen LogP contribution is -2.05. The topological polar surface area (TPSA) is 65.0 Å². The van der Waals surface area contributed by atoms with Gasteiger partial charge in [0.25, 0.3) is 0 Å². The number of hydrogen-bond donors (Lipinski definition) is 1. The van der Waals surface area contributed by atoms with Crippen LogP contribution in [-0.2, 0) is 17.9 Å². The number of hydrogen-bond acceptors (Lipinski definition) is 4. The molecule has 126 valence electrons. The van der Waals surface area contributed by atoms with Crippen molar-refractivity contribution in [3.05, 3.63) is 52.9 Å². The molecule has 7 heteroatoms. The van der Waals surface area contributed by atoms with Crippen molar-refractivity contribution in [2.45, 2.75) is 20.1 Å². The molecule has 3 rings (SSSR count). The highest BCUT2D eigenvalue weighted by Gasteiger charge is 2.14. The van der Waals surface area contributed by atoms with Crippen molar-refractivity contribution in [1.29, 1.82) is 0 Å². The number of H-pyrrole nitrogens is 1. The molecule has 0 spiro atoms. The lowest BCUT2D eigenvalue weighted by atomic mass is 10.2. The molecule has 0 aliphatic carbocycles. The van der Waals surface area contributed by atoms with E-state index in [2.05, 4.69) is 15.1 Å². The SMILES string of the molecule is CCOCc1nc(-c2cc(Cl)c[nH]2)n(Cc2ccc(OC)cc2)n1. The summed E-state index contributed by atoms with van der Waals surface area (Å²) in [4.78, 5) is 7.69. The second-order valence-electron chi connectivity index (χ2n) is 5.23. The van der Waals surface area contributed by atoms with Gasteiger partial charge in [0.15, 0.2) is 11.6 Å². The van der Waals surface area contributed by atoms with Crippen molar-refractivity contribution in [2.24, 2.45) is 0 Å². The second kappa shape index (κ2) is 7.51. The molecule has 1 N–H and O–H groups in total. The van der Waals surface area contributed by atoms with Gasteiger partial charge in [0.2, 0.25) is 0 Å². The number of aromatic amines is 1. The summed E-state index contributed by atoms with van der Waals surface area (Å²) in [5, 5.41) is 5.19. The highest BCUT2D eigenvalue weighted by molar-refractivity contribution is 6.30. The van der Waals surface area contributed by atoms with Crippen LogP contribution in [-0.4, -0.2) is 33.5 Å². The quantitative estimate of drug-likeness (QED) is 0.711. The molecule has 1 aromatic carbocycles. The van der Waals surface area contributed by atoms with Crippen LogP contribution in [0, 0.1) is 0 Å². The molecule has 0 saturated carbocycles. The predicted octanol–water partition coefficient (Wildman–Crippen LogP) is 3.52. The van der Waals surface area contributed by atoms with Crippen molar-refractivity contribution in [1.82, 2.24) is 19.7 Å². The first kappa shape index (κ1) is 16.5. The van der Waals surface area contributed by atoms with E-state index in [0.29, 0.717) is 30.6 Å². The summed E-state index contributed by atoms with van der Waals surface area (Å²) in [7, 11) is 1.65. The van der Waals surface area contributed by atoms with Gasteiger partial charge in [0.1, 0.15) is 12.4 Å². The number of nitrogens with one attached hydrogen (secondary N) is 1. The maximum atomic E-state index is 6.02. The van der Waals surface area contributed by atoms with E-state index in [1.807, 2.05) is 41.9 Å². The zero-order chi connectivity index (χ0) is 16.9. The average molecular weight is 347 g/mol. The Morgan fingerprint density at radius 1 is 1.25 bits per heavy atom. The van der Waals surface area contributed by atoms with E-state index in [4.69, 9.17) is 21.1 Å². The molecular weight excluding hydrogens is 328 g/mol. The molecule has 0 amide bonds. The minimum absolute atomic E-state index is 0.382. The molecule has 0 saturated heterocycles. The summed E-state index contributed by atoms with van der Waals surface area (Å²) in [5.41, 5.74) is 1.92. The molecule has 3 aromatic rings. The standard InChI is InChI=1S/C17H19ClN4O2/c1-3-24-11-16-20-17(15-8-13(18)9-19-15)22(21-16)10-12-4-6-14(23-2)7-5-12/h4-9,19H,3,10-11H2,1-2H3. The van der Waals surface area contributed by atoms with Gasteiger partial charge in [-0.15, -0.1) is 0 Å². The van der Waals surface area contributed by atoms with Gasteiger partial charge >= 0.3 is 0 Å². The average Bonchev–Trinajstić information content (AvgIpc) is 3.20. The third-order valence-electron chi connectivity index (χ3n) is 3.53. The molecule has 0 fully saturated rings. The third-order valence-corrected chi connectivity index (χ3v) is 3.75. The van der Waals surface area contributed by atoms with Gasteiger partial charge in [-0.3, -0.25) is 0 Å². The van der Waals surface area contributed by atoms with E-state index in [0.717, 1.165) is 22.8 Å². The molecule has 24 heavy (non-hydrogen) atoms. The number of aromatic nitrogens is 4. The monoisotopic (exact) mass is 346 g/mol. The zero-order valence-corrected chi connectivity index (χ0v) is 14.4. The molecule has 0 bridgehead atoms. The van der Waals surface area contributed by atoms with Crippen molar-refractivity contribution in [3.63, 3.8) is 0 Å². The first-order valence-corrected chi connectivity index (χ1v) is 8.06. The molecule has 2 heterocycles. The zero-order valence-electron chi connectivity index (χ0n) is 13.6. The number of methoxy groups -OCH3 is 1. The predicted molar refractivity (Wildman–Crippen MR) is 92.2 cm³/mol. The minimum Gasteiger partial charge on any atom is -0.497 e. The van der Waals surface area contributed by atoms with Crippen molar-refractivity contribution >= 4 is 11.6 Å². The van der Waals surface area contributed by atoms with Gasteiger partial charge in [-0.05, 0) is 30.7 Å². The maximum absolute atomic E-state index is 6.02. The molecule has 2 aromatic heterocycles. The van der Waals surface area contributed by atoms with Crippen LogP contribution in [0.3, 0.4) is 0 Å².